The number of rotatable bonds is 10. The molecule has 0 N–H and O–H groups in total. The zero-order chi connectivity index (χ0) is 59.5. The molecule has 0 fully saturated rings. The maximum absolute atomic E-state index is 6.79. The van der Waals surface area contributed by atoms with E-state index in [-0.39, 0.29) is 28.4 Å². The summed E-state index contributed by atoms with van der Waals surface area (Å²) < 4.78 is 13.3. The van der Waals surface area contributed by atoms with E-state index in [2.05, 4.69) is 293 Å². The van der Waals surface area contributed by atoms with E-state index in [0.29, 0.717) is 0 Å². The molecule has 0 bridgehead atoms. The maximum Gasteiger partial charge on any atom is 0.252 e. The molecule has 0 radical (unpaired) electrons. The Morgan fingerprint density at radius 2 is 1.16 bits per heavy atom. The zero-order valence-corrected chi connectivity index (χ0v) is 52.2. The Morgan fingerprint density at radius 3 is 1.82 bits per heavy atom. The SMILES string of the molecule is C=c1/c(=C\C=C/CC)oc2cc(N3c4cc(N(c5ccc(C(C)(C)C)cc5)c5ccc(C(C)(C)CC)cc5)ccc4B4c5cc(C(C)(C)C)ccc5N(c5ccc(C6=CCCc7oc8ccccc8c76)cc5)c5cc(C(C)(C)C)cc3c54)ccc12. The van der Waals surface area contributed by atoms with E-state index in [4.69, 9.17) is 8.83 Å². The molecule has 0 unspecified atom stereocenters. The van der Waals surface area contributed by atoms with Gasteiger partial charge in [0.1, 0.15) is 22.3 Å². The fraction of sp³-hybridized carbons (Fsp3) is 0.266. The van der Waals surface area contributed by atoms with E-state index < -0.39 is 0 Å². The summed E-state index contributed by atoms with van der Waals surface area (Å²) >= 11 is 0. The molecular weight excluding hydrogens is 1030 g/mol. The van der Waals surface area contributed by atoms with Crippen molar-refractivity contribution in [1.29, 1.82) is 0 Å². The molecule has 5 nitrogen and oxygen atoms in total. The number of para-hydroxylation sites is 1. The molecule has 2 aromatic heterocycles. The Kier molecular flexibility index (Phi) is 13.5. The molecule has 13 rings (SSSR count). The highest BCUT2D eigenvalue weighted by molar-refractivity contribution is 7.00. The highest BCUT2D eigenvalue weighted by atomic mass is 16.3. The predicted molar refractivity (Wildman–Crippen MR) is 365 cm³/mol. The van der Waals surface area contributed by atoms with Crippen molar-refractivity contribution < 1.29 is 8.83 Å². The first-order valence-corrected chi connectivity index (χ1v) is 30.9. The van der Waals surface area contributed by atoms with Crippen LogP contribution in [0.5, 0.6) is 0 Å². The van der Waals surface area contributed by atoms with Gasteiger partial charge in [-0.15, -0.1) is 0 Å². The third-order valence-corrected chi connectivity index (χ3v) is 18.6. The lowest BCUT2D eigenvalue weighted by Gasteiger charge is -2.45. The molecule has 3 aliphatic rings. The predicted octanol–water partition coefficient (Wildman–Crippen LogP) is 18.8. The van der Waals surface area contributed by atoms with Gasteiger partial charge in [-0.2, -0.15) is 0 Å². The van der Waals surface area contributed by atoms with Gasteiger partial charge < -0.3 is 23.5 Å². The van der Waals surface area contributed by atoms with Gasteiger partial charge in [0.2, 0.25) is 0 Å². The van der Waals surface area contributed by atoms with Crippen LogP contribution in [0, 0.1) is 0 Å². The Morgan fingerprint density at radius 1 is 0.541 bits per heavy atom. The smallest absolute Gasteiger partial charge is 0.252 e. The lowest BCUT2D eigenvalue weighted by molar-refractivity contribution is 0.506. The van der Waals surface area contributed by atoms with Gasteiger partial charge in [-0.05, 0) is 182 Å². The highest BCUT2D eigenvalue weighted by Gasteiger charge is 2.45. The fourth-order valence-electron chi connectivity index (χ4n) is 13.2. The summed E-state index contributed by atoms with van der Waals surface area (Å²) in [6, 6.07) is 62.7. The third kappa shape index (κ3) is 9.67. The summed E-state index contributed by atoms with van der Waals surface area (Å²) in [5.74, 6) is 1.07. The van der Waals surface area contributed by atoms with Crippen molar-refractivity contribution in [1.82, 2.24) is 0 Å². The van der Waals surface area contributed by atoms with Crippen LogP contribution >= 0.6 is 0 Å². The average Bonchev–Trinajstić information content (AvgIpc) is 1.47. The van der Waals surface area contributed by atoms with Crippen LogP contribution in [0.3, 0.4) is 0 Å². The first kappa shape index (κ1) is 55.7. The number of hydrogen-bond donors (Lipinski definition) is 0. The van der Waals surface area contributed by atoms with E-state index in [1.54, 1.807) is 0 Å². The summed E-state index contributed by atoms with van der Waals surface area (Å²) in [7, 11) is 0. The van der Waals surface area contributed by atoms with Crippen molar-refractivity contribution in [3.63, 3.8) is 0 Å². The van der Waals surface area contributed by atoms with Gasteiger partial charge in [0.25, 0.3) is 6.71 Å². The van der Waals surface area contributed by atoms with Crippen LogP contribution in [0.15, 0.2) is 191 Å². The quantitative estimate of drug-likeness (QED) is 0.128. The summed E-state index contributed by atoms with van der Waals surface area (Å²) in [5, 5.41) is 3.08. The maximum atomic E-state index is 6.79. The first-order chi connectivity index (χ1) is 40.6. The molecule has 6 heteroatoms. The first-order valence-electron chi connectivity index (χ1n) is 30.9. The summed E-state index contributed by atoms with van der Waals surface area (Å²) in [6.07, 6.45) is 12.5. The summed E-state index contributed by atoms with van der Waals surface area (Å²) in [4.78, 5) is 7.56. The second kappa shape index (κ2) is 20.6. The molecule has 0 saturated carbocycles. The molecular formula is C79H80BN3O2. The summed E-state index contributed by atoms with van der Waals surface area (Å²) in [6.45, 7) is 34.5. The highest BCUT2D eigenvalue weighted by Crippen LogP contribution is 2.49. The van der Waals surface area contributed by atoms with Crippen molar-refractivity contribution >= 4 is 114 Å². The Hall–Kier alpha value is -8.48. The number of nitrogens with zero attached hydrogens (tertiary/aromatic N) is 3. The van der Waals surface area contributed by atoms with E-state index in [1.807, 2.05) is 6.08 Å². The molecule has 10 aromatic rings. The molecule has 1 aliphatic carbocycles. The number of allylic oxidation sites excluding steroid dienone is 3. The lowest BCUT2D eigenvalue weighted by Crippen LogP contribution is -2.61. The van der Waals surface area contributed by atoms with Gasteiger partial charge in [0, 0.05) is 85.2 Å². The fourth-order valence-corrected chi connectivity index (χ4v) is 13.2. The topological polar surface area (TPSA) is 36.0 Å². The number of furan rings is 2. The van der Waals surface area contributed by atoms with Crippen LogP contribution in [-0.2, 0) is 28.1 Å². The summed E-state index contributed by atoms with van der Waals surface area (Å²) in [5.41, 5.74) is 25.0. The molecule has 2 aliphatic heterocycles. The Labute approximate surface area is 504 Å². The number of aryl methyl sites for hydroxylation is 1. The molecule has 85 heavy (non-hydrogen) atoms. The van der Waals surface area contributed by atoms with Crippen LogP contribution < -0.4 is 41.7 Å². The monoisotopic (exact) mass is 1110 g/mol. The molecule has 426 valence electrons. The van der Waals surface area contributed by atoms with Crippen molar-refractivity contribution in [2.75, 3.05) is 14.7 Å². The second-order valence-corrected chi connectivity index (χ2v) is 27.7. The minimum Gasteiger partial charge on any atom is -0.460 e. The van der Waals surface area contributed by atoms with E-state index in [9.17, 15) is 0 Å². The standard InChI is InChI=1S/C79H80BN3O2/c1-15-17-18-24-70-50(3)61-42-40-60(49-73(61)84-70)83-67-48-59(81(56-36-29-52(30-37-56)76(4,5)6)57-38-31-53(32-39-57)79(13,14)16-2)41-43-64(67)80-65-45-54(77(7,8)9)33-44-66(65)82(68-46-55(78(10,11)12)47-69(83)75(68)80)58-34-27-51(28-35-58)62-23-21-26-72-74(62)63-22-19-20-25-71(63)85-72/h17-20,22-25,27-49H,3,15-16,21,26H2,1-2,4-14H3/b18-17-,70-24+. The third-order valence-electron chi connectivity index (χ3n) is 18.6. The lowest BCUT2D eigenvalue weighted by atomic mass is 9.33. The van der Waals surface area contributed by atoms with E-state index >= 15 is 0 Å². The number of hydrogen-bond acceptors (Lipinski definition) is 5. The van der Waals surface area contributed by atoms with E-state index in [1.165, 1.54) is 72.1 Å². The average molecular weight is 1110 g/mol. The van der Waals surface area contributed by atoms with Crippen molar-refractivity contribution in [3.05, 3.63) is 232 Å². The largest absolute Gasteiger partial charge is 0.460 e. The van der Waals surface area contributed by atoms with Crippen LogP contribution in [0.2, 0.25) is 0 Å². The van der Waals surface area contributed by atoms with Gasteiger partial charge in [-0.3, -0.25) is 0 Å². The van der Waals surface area contributed by atoms with Crippen LogP contribution in [0.1, 0.15) is 148 Å². The van der Waals surface area contributed by atoms with E-state index in [0.717, 1.165) is 98.4 Å². The normalized spacial score (nSPS) is 14.5. The molecule has 8 aromatic carbocycles. The van der Waals surface area contributed by atoms with Crippen LogP contribution in [0.4, 0.5) is 51.2 Å². The van der Waals surface area contributed by atoms with Crippen molar-refractivity contribution in [2.45, 2.75) is 137 Å². The molecule has 0 atom stereocenters. The number of anilines is 9. The number of benzene rings is 8. The number of fused-ring (bicyclic) bond motifs is 8. The molecule has 0 saturated heterocycles. The van der Waals surface area contributed by atoms with Crippen molar-refractivity contribution in [2.24, 2.45) is 0 Å². The van der Waals surface area contributed by atoms with Crippen molar-refractivity contribution in [3.8, 4) is 0 Å². The molecule has 4 heterocycles. The second-order valence-electron chi connectivity index (χ2n) is 27.7. The van der Waals surface area contributed by atoms with Gasteiger partial charge in [-0.25, -0.2) is 0 Å². The van der Waals surface area contributed by atoms with Gasteiger partial charge >= 0.3 is 0 Å². The zero-order valence-electron chi connectivity index (χ0n) is 52.2. The molecule has 0 amide bonds. The minimum atomic E-state index is -0.210. The molecule has 0 spiro atoms. The van der Waals surface area contributed by atoms with Crippen LogP contribution in [-0.4, -0.2) is 6.71 Å². The Bertz CT molecular complexity index is 4430. The van der Waals surface area contributed by atoms with Gasteiger partial charge in [-0.1, -0.05) is 188 Å². The Balaban J connectivity index is 1.07. The van der Waals surface area contributed by atoms with Gasteiger partial charge in [0.05, 0.1) is 0 Å². The van der Waals surface area contributed by atoms with Crippen LogP contribution in [0.25, 0.3) is 40.2 Å². The minimum absolute atomic E-state index is 0.00576. The van der Waals surface area contributed by atoms with Gasteiger partial charge in [0.15, 0.2) is 0 Å².